The minimum absolute atomic E-state index is 0.0786. The number of ether oxygens (including phenoxy) is 1. The van der Waals surface area contributed by atoms with Crippen LogP contribution in [0.15, 0.2) is 49.1 Å². The third-order valence-corrected chi connectivity index (χ3v) is 5.01. The Kier molecular flexibility index (Phi) is 6.09. The zero-order valence-electron chi connectivity index (χ0n) is 16.8. The van der Waals surface area contributed by atoms with Crippen molar-refractivity contribution in [1.29, 1.82) is 0 Å². The van der Waals surface area contributed by atoms with E-state index in [-0.39, 0.29) is 12.5 Å². The van der Waals surface area contributed by atoms with Crippen LogP contribution >= 0.6 is 0 Å². The van der Waals surface area contributed by atoms with Crippen LogP contribution in [0.4, 0.5) is 5.69 Å². The van der Waals surface area contributed by atoms with Crippen LogP contribution in [0.25, 0.3) is 5.69 Å². The molecule has 0 aliphatic heterocycles. The van der Waals surface area contributed by atoms with Gasteiger partial charge in [0.25, 0.3) is 5.91 Å². The first-order valence-corrected chi connectivity index (χ1v) is 9.46. The molecule has 0 aliphatic carbocycles. The van der Waals surface area contributed by atoms with Crippen LogP contribution < -0.4 is 10.1 Å². The lowest BCUT2D eigenvalue weighted by molar-refractivity contribution is -0.118. The molecule has 1 heterocycles. The van der Waals surface area contributed by atoms with E-state index in [2.05, 4.69) is 35.4 Å². The second-order valence-corrected chi connectivity index (χ2v) is 7.04. The highest BCUT2D eigenvalue weighted by Crippen LogP contribution is 2.28. The Morgan fingerprint density at radius 3 is 2.54 bits per heavy atom. The van der Waals surface area contributed by atoms with Gasteiger partial charge in [-0.05, 0) is 67.1 Å². The number of hydrogen-bond donors (Lipinski definition) is 1. The van der Waals surface area contributed by atoms with E-state index in [1.165, 1.54) is 11.1 Å². The number of nitrogens with one attached hydrogen (secondary N) is 1. The van der Waals surface area contributed by atoms with Crippen molar-refractivity contribution in [1.82, 2.24) is 14.8 Å². The Hall–Kier alpha value is -3.15. The number of rotatable bonds is 7. The van der Waals surface area contributed by atoms with Gasteiger partial charge in [0.1, 0.15) is 18.4 Å². The Balaban J connectivity index is 1.74. The van der Waals surface area contributed by atoms with Gasteiger partial charge in [-0.15, -0.1) is 10.2 Å². The van der Waals surface area contributed by atoms with Gasteiger partial charge < -0.3 is 10.1 Å². The van der Waals surface area contributed by atoms with Crippen molar-refractivity contribution < 1.29 is 9.53 Å². The summed E-state index contributed by atoms with van der Waals surface area (Å²) in [5, 5.41) is 10.6. The fourth-order valence-corrected chi connectivity index (χ4v) is 2.89. The predicted molar refractivity (Wildman–Crippen MR) is 110 cm³/mol. The Morgan fingerprint density at radius 2 is 1.86 bits per heavy atom. The maximum Gasteiger partial charge on any atom is 0.262 e. The topological polar surface area (TPSA) is 69.0 Å². The van der Waals surface area contributed by atoms with Crippen LogP contribution in [0.3, 0.4) is 0 Å². The van der Waals surface area contributed by atoms with E-state index in [1.54, 1.807) is 17.2 Å². The van der Waals surface area contributed by atoms with Crippen LogP contribution in [0.5, 0.6) is 5.75 Å². The number of nitrogens with zero attached hydrogens (tertiary/aromatic N) is 3. The zero-order valence-corrected chi connectivity index (χ0v) is 16.8. The molecule has 6 nitrogen and oxygen atoms in total. The molecule has 1 amide bonds. The van der Waals surface area contributed by atoms with Crippen molar-refractivity contribution in [2.45, 2.75) is 40.0 Å². The highest BCUT2D eigenvalue weighted by molar-refractivity contribution is 5.92. The maximum atomic E-state index is 12.3. The van der Waals surface area contributed by atoms with Crippen molar-refractivity contribution in [3.05, 3.63) is 65.7 Å². The van der Waals surface area contributed by atoms with Gasteiger partial charge in [0.15, 0.2) is 6.61 Å². The number of anilines is 1. The van der Waals surface area contributed by atoms with E-state index < -0.39 is 0 Å². The molecule has 0 saturated carbocycles. The molecule has 1 aromatic heterocycles. The van der Waals surface area contributed by atoms with E-state index >= 15 is 0 Å². The van der Waals surface area contributed by atoms with Gasteiger partial charge in [-0.25, -0.2) is 0 Å². The minimum atomic E-state index is -0.205. The van der Waals surface area contributed by atoms with Crippen molar-refractivity contribution >= 4 is 11.6 Å². The number of benzene rings is 2. The first-order chi connectivity index (χ1) is 13.5. The molecule has 0 unspecified atom stereocenters. The van der Waals surface area contributed by atoms with E-state index in [0.717, 1.165) is 23.4 Å². The highest BCUT2D eigenvalue weighted by atomic mass is 16.5. The summed E-state index contributed by atoms with van der Waals surface area (Å²) in [5.74, 6) is 0.836. The SMILES string of the molecule is CC[C@@H](C)c1ccc(OCC(=O)Nc2ccc(C)c(C)c2)c(-n2cnnc2)c1. The summed E-state index contributed by atoms with van der Waals surface area (Å²) in [7, 11) is 0. The Bertz CT molecular complexity index is 951. The molecular weight excluding hydrogens is 352 g/mol. The molecule has 1 N–H and O–H groups in total. The van der Waals surface area contributed by atoms with Crippen molar-refractivity contribution in [2.75, 3.05) is 11.9 Å². The first kappa shape index (κ1) is 19.6. The maximum absolute atomic E-state index is 12.3. The van der Waals surface area contributed by atoms with Crippen molar-refractivity contribution in [2.24, 2.45) is 0 Å². The quantitative estimate of drug-likeness (QED) is 0.661. The van der Waals surface area contributed by atoms with E-state index in [9.17, 15) is 4.79 Å². The molecule has 3 rings (SSSR count). The Labute approximate surface area is 165 Å². The van der Waals surface area contributed by atoms with Gasteiger partial charge in [0, 0.05) is 5.69 Å². The molecule has 0 spiro atoms. The number of hydrogen-bond acceptors (Lipinski definition) is 4. The predicted octanol–water partition coefficient (Wildman–Crippen LogP) is 4.42. The summed E-state index contributed by atoms with van der Waals surface area (Å²) >= 11 is 0. The summed E-state index contributed by atoms with van der Waals surface area (Å²) in [6.07, 6.45) is 4.29. The first-order valence-electron chi connectivity index (χ1n) is 9.46. The van der Waals surface area contributed by atoms with Crippen LogP contribution in [-0.4, -0.2) is 27.3 Å². The number of carbonyl (C=O) groups excluding carboxylic acids is 1. The van der Waals surface area contributed by atoms with Crippen LogP contribution in [0.2, 0.25) is 0 Å². The number of carbonyl (C=O) groups is 1. The lowest BCUT2D eigenvalue weighted by Gasteiger charge is -2.16. The summed E-state index contributed by atoms with van der Waals surface area (Å²) in [6.45, 7) is 8.32. The average Bonchev–Trinajstić information content (AvgIpc) is 3.23. The molecule has 0 bridgehead atoms. The fraction of sp³-hybridized carbons (Fsp3) is 0.318. The third kappa shape index (κ3) is 4.57. The van der Waals surface area contributed by atoms with Crippen LogP contribution in [0, 0.1) is 13.8 Å². The molecule has 0 saturated heterocycles. The van der Waals surface area contributed by atoms with Crippen LogP contribution in [0.1, 0.15) is 42.9 Å². The van der Waals surface area contributed by atoms with Crippen LogP contribution in [-0.2, 0) is 4.79 Å². The summed E-state index contributed by atoms with van der Waals surface area (Å²) in [4.78, 5) is 12.3. The van der Waals surface area contributed by atoms with Gasteiger partial charge in [0.2, 0.25) is 0 Å². The second-order valence-electron chi connectivity index (χ2n) is 7.04. The number of aryl methyl sites for hydroxylation is 2. The molecule has 0 aliphatic rings. The molecule has 0 radical (unpaired) electrons. The molecular formula is C22H26N4O2. The molecule has 1 atom stereocenters. The monoisotopic (exact) mass is 378 g/mol. The summed E-state index contributed by atoms with van der Waals surface area (Å²) < 4.78 is 7.62. The lowest BCUT2D eigenvalue weighted by atomic mass is 9.98. The normalized spacial score (nSPS) is 11.9. The minimum Gasteiger partial charge on any atom is -0.482 e. The summed E-state index contributed by atoms with van der Waals surface area (Å²) in [6, 6.07) is 11.8. The number of aromatic nitrogens is 3. The third-order valence-electron chi connectivity index (χ3n) is 5.01. The number of amides is 1. The molecule has 146 valence electrons. The molecule has 2 aromatic carbocycles. The average molecular weight is 378 g/mol. The van der Waals surface area contributed by atoms with Gasteiger partial charge in [-0.2, -0.15) is 0 Å². The molecule has 6 heteroatoms. The van der Waals surface area contributed by atoms with E-state index in [1.807, 2.05) is 44.2 Å². The zero-order chi connectivity index (χ0) is 20.1. The fourth-order valence-electron chi connectivity index (χ4n) is 2.89. The van der Waals surface area contributed by atoms with Gasteiger partial charge >= 0.3 is 0 Å². The van der Waals surface area contributed by atoms with E-state index in [4.69, 9.17) is 4.74 Å². The van der Waals surface area contributed by atoms with Crippen molar-refractivity contribution in [3.8, 4) is 11.4 Å². The van der Waals surface area contributed by atoms with Gasteiger partial charge in [0.05, 0.1) is 5.69 Å². The smallest absolute Gasteiger partial charge is 0.262 e. The van der Waals surface area contributed by atoms with Gasteiger partial charge in [-0.1, -0.05) is 26.0 Å². The Morgan fingerprint density at radius 1 is 1.11 bits per heavy atom. The summed E-state index contributed by atoms with van der Waals surface area (Å²) in [5.41, 5.74) is 5.12. The molecule has 28 heavy (non-hydrogen) atoms. The van der Waals surface area contributed by atoms with E-state index in [0.29, 0.717) is 11.7 Å². The lowest BCUT2D eigenvalue weighted by Crippen LogP contribution is -2.20. The molecule has 3 aromatic rings. The second kappa shape index (κ2) is 8.69. The van der Waals surface area contributed by atoms with Crippen molar-refractivity contribution in [3.63, 3.8) is 0 Å². The standard InChI is InChI=1S/C22H26N4O2/c1-5-15(2)18-7-9-21(20(11-18)26-13-23-24-14-26)28-12-22(27)25-19-8-6-16(3)17(4)10-19/h6-11,13-15H,5,12H2,1-4H3,(H,25,27)/t15-/m1/s1. The highest BCUT2D eigenvalue weighted by Gasteiger charge is 2.13. The molecule has 0 fully saturated rings. The van der Waals surface area contributed by atoms with Gasteiger partial charge in [-0.3, -0.25) is 9.36 Å². The largest absolute Gasteiger partial charge is 0.482 e.